The molecule has 3 aromatic carbocycles. The molecular formula is C27H20BrClFN3O2. The summed E-state index contributed by atoms with van der Waals surface area (Å²) in [7, 11) is 0. The number of amides is 1. The number of carbonyl (C=O) groups is 1. The molecule has 4 rings (SSSR count). The maximum Gasteiger partial charge on any atom is 0.261 e. The van der Waals surface area contributed by atoms with E-state index < -0.39 is 5.91 Å². The molecule has 0 radical (unpaired) electrons. The number of benzene rings is 3. The number of rotatable bonds is 8. The number of aromatic nitrogens is 1. The number of hydrogen-bond donors (Lipinski definition) is 2. The number of carbonyl (C=O) groups excluding carboxylic acids is 1. The molecule has 2 N–H and O–H groups in total. The van der Waals surface area contributed by atoms with E-state index in [4.69, 9.17) is 16.3 Å². The largest absolute Gasteiger partial charge is 0.486 e. The predicted octanol–water partition coefficient (Wildman–Crippen LogP) is 6.57. The zero-order valence-corrected chi connectivity index (χ0v) is 20.8. The lowest BCUT2D eigenvalue weighted by Gasteiger charge is -2.11. The minimum absolute atomic E-state index is 0.0353. The number of halogens is 3. The summed E-state index contributed by atoms with van der Waals surface area (Å²) in [5, 5.41) is 13.7. The van der Waals surface area contributed by atoms with Crippen molar-refractivity contribution in [2.75, 3.05) is 6.54 Å². The van der Waals surface area contributed by atoms with Crippen molar-refractivity contribution in [3.05, 3.63) is 104 Å². The van der Waals surface area contributed by atoms with Gasteiger partial charge in [-0.3, -0.25) is 4.79 Å². The second-order valence-electron chi connectivity index (χ2n) is 7.76. The number of nitrogens with zero attached hydrogens (tertiary/aromatic N) is 1. The molecule has 1 heterocycles. The van der Waals surface area contributed by atoms with Gasteiger partial charge in [0.2, 0.25) is 0 Å². The lowest BCUT2D eigenvalue weighted by atomic mass is 10.1. The van der Waals surface area contributed by atoms with Crippen LogP contribution in [0.5, 0.6) is 5.75 Å². The molecule has 5 nitrogen and oxygen atoms in total. The summed E-state index contributed by atoms with van der Waals surface area (Å²) in [5.41, 5.74) is 3.45. The molecule has 0 saturated carbocycles. The van der Waals surface area contributed by atoms with Crippen LogP contribution in [0.4, 0.5) is 4.39 Å². The van der Waals surface area contributed by atoms with Gasteiger partial charge in [0.25, 0.3) is 5.91 Å². The van der Waals surface area contributed by atoms with E-state index in [2.05, 4.69) is 26.2 Å². The van der Waals surface area contributed by atoms with Crippen LogP contribution >= 0.6 is 27.5 Å². The summed E-state index contributed by atoms with van der Waals surface area (Å²) in [6.45, 7) is 0.594. The molecule has 0 bridgehead atoms. The lowest BCUT2D eigenvalue weighted by Crippen LogP contribution is -2.26. The van der Waals surface area contributed by atoms with Crippen LogP contribution in [0.25, 0.3) is 17.0 Å². The van der Waals surface area contributed by atoms with Crippen molar-refractivity contribution in [3.8, 4) is 11.8 Å². The van der Waals surface area contributed by atoms with E-state index in [1.54, 1.807) is 24.3 Å². The van der Waals surface area contributed by atoms with E-state index in [9.17, 15) is 14.4 Å². The van der Waals surface area contributed by atoms with Gasteiger partial charge in [-0.15, -0.1) is 0 Å². The van der Waals surface area contributed by atoms with Crippen molar-refractivity contribution >= 4 is 50.4 Å². The number of aromatic amines is 1. The summed E-state index contributed by atoms with van der Waals surface area (Å²) >= 11 is 9.82. The monoisotopic (exact) mass is 551 g/mol. The highest BCUT2D eigenvalue weighted by atomic mass is 79.9. The molecule has 0 aliphatic rings. The van der Waals surface area contributed by atoms with Gasteiger partial charge in [-0.1, -0.05) is 41.9 Å². The molecular weight excluding hydrogens is 533 g/mol. The van der Waals surface area contributed by atoms with Gasteiger partial charge in [0.15, 0.2) is 5.75 Å². The fourth-order valence-electron chi connectivity index (χ4n) is 3.60. The third kappa shape index (κ3) is 6.10. The molecule has 35 heavy (non-hydrogen) atoms. The van der Waals surface area contributed by atoms with Crippen molar-refractivity contribution in [1.29, 1.82) is 5.26 Å². The fraction of sp³-hybridized carbons (Fsp3) is 0.111. The molecule has 0 fully saturated rings. The molecule has 0 spiro atoms. The van der Waals surface area contributed by atoms with Crippen LogP contribution in [0.3, 0.4) is 0 Å². The third-order valence-corrected chi connectivity index (χ3v) is 6.22. The molecule has 8 heteroatoms. The zero-order chi connectivity index (χ0) is 24.8. The van der Waals surface area contributed by atoms with E-state index in [0.29, 0.717) is 33.8 Å². The van der Waals surface area contributed by atoms with Gasteiger partial charge in [0.1, 0.15) is 24.1 Å². The third-order valence-electron chi connectivity index (χ3n) is 5.35. The van der Waals surface area contributed by atoms with Crippen LogP contribution in [0, 0.1) is 17.1 Å². The zero-order valence-electron chi connectivity index (χ0n) is 18.4. The average molecular weight is 553 g/mol. The minimum Gasteiger partial charge on any atom is -0.486 e. The first-order valence-corrected chi connectivity index (χ1v) is 11.9. The quantitative estimate of drug-likeness (QED) is 0.192. The van der Waals surface area contributed by atoms with Gasteiger partial charge in [-0.2, -0.15) is 5.26 Å². The van der Waals surface area contributed by atoms with Crippen molar-refractivity contribution in [3.63, 3.8) is 0 Å². The normalized spacial score (nSPS) is 11.3. The summed E-state index contributed by atoms with van der Waals surface area (Å²) in [6.07, 6.45) is 4.03. The molecule has 176 valence electrons. The molecule has 1 amide bonds. The van der Waals surface area contributed by atoms with Crippen LogP contribution in [-0.2, 0) is 17.8 Å². The number of ether oxygens (including phenoxy) is 1. The van der Waals surface area contributed by atoms with E-state index in [0.717, 1.165) is 22.0 Å². The minimum atomic E-state index is -0.462. The number of H-pyrrole nitrogens is 1. The Morgan fingerprint density at radius 1 is 1.20 bits per heavy atom. The molecule has 0 saturated heterocycles. The second kappa shape index (κ2) is 11.2. The SMILES string of the molecule is N#C/C(=C/c1cc(Cl)c(OCc2ccc(F)cc2)c(Br)c1)C(=O)NCCc1c[nH]c2ccccc12. The Balaban J connectivity index is 1.40. The highest BCUT2D eigenvalue weighted by Crippen LogP contribution is 2.35. The summed E-state index contributed by atoms with van der Waals surface area (Å²) in [4.78, 5) is 15.8. The lowest BCUT2D eigenvalue weighted by molar-refractivity contribution is -0.117. The average Bonchev–Trinajstić information content (AvgIpc) is 3.26. The highest BCUT2D eigenvalue weighted by molar-refractivity contribution is 9.10. The van der Waals surface area contributed by atoms with Gasteiger partial charge in [0.05, 0.1) is 9.50 Å². The summed E-state index contributed by atoms with van der Waals surface area (Å²) < 4.78 is 19.4. The van der Waals surface area contributed by atoms with Crippen LogP contribution < -0.4 is 10.1 Å². The van der Waals surface area contributed by atoms with Crippen molar-refractivity contribution in [1.82, 2.24) is 10.3 Å². The maximum absolute atomic E-state index is 13.1. The van der Waals surface area contributed by atoms with Crippen molar-refractivity contribution < 1.29 is 13.9 Å². The van der Waals surface area contributed by atoms with Gasteiger partial charge in [-0.05, 0) is 75.4 Å². The van der Waals surface area contributed by atoms with Gasteiger partial charge >= 0.3 is 0 Å². The number of nitriles is 1. The molecule has 1 aromatic heterocycles. The predicted molar refractivity (Wildman–Crippen MR) is 138 cm³/mol. The summed E-state index contributed by atoms with van der Waals surface area (Å²) in [6, 6.07) is 19.2. The van der Waals surface area contributed by atoms with Gasteiger partial charge in [0, 0.05) is 23.6 Å². The maximum atomic E-state index is 13.1. The first-order chi connectivity index (χ1) is 16.9. The van der Waals surface area contributed by atoms with E-state index in [-0.39, 0.29) is 18.0 Å². The second-order valence-corrected chi connectivity index (χ2v) is 9.03. The Morgan fingerprint density at radius 2 is 1.97 bits per heavy atom. The van der Waals surface area contributed by atoms with Crippen LogP contribution in [0.1, 0.15) is 16.7 Å². The first-order valence-electron chi connectivity index (χ1n) is 10.8. The Morgan fingerprint density at radius 3 is 2.71 bits per heavy atom. The number of nitrogens with one attached hydrogen (secondary N) is 2. The molecule has 4 aromatic rings. The van der Waals surface area contributed by atoms with Crippen LogP contribution in [0.15, 0.2) is 76.9 Å². The smallest absolute Gasteiger partial charge is 0.261 e. The van der Waals surface area contributed by atoms with E-state index in [1.807, 2.05) is 36.5 Å². The van der Waals surface area contributed by atoms with Crippen LogP contribution in [-0.4, -0.2) is 17.4 Å². The Labute approximate surface area is 215 Å². The van der Waals surface area contributed by atoms with E-state index in [1.165, 1.54) is 18.2 Å². The number of fused-ring (bicyclic) bond motifs is 1. The molecule has 0 aliphatic heterocycles. The standard InChI is InChI=1S/C27H20BrClFN3O2/c28-23-12-18(13-24(29)26(23)35-16-17-5-7-21(30)8-6-17)11-20(14-31)27(34)32-10-9-19-15-33-25-4-2-1-3-22(19)25/h1-8,11-13,15,33H,9-10,16H2,(H,32,34)/b20-11-. The van der Waals surface area contributed by atoms with Crippen LogP contribution in [0.2, 0.25) is 5.02 Å². The van der Waals surface area contributed by atoms with Gasteiger partial charge in [-0.25, -0.2) is 4.39 Å². The Hall–Kier alpha value is -3.60. The summed E-state index contributed by atoms with van der Waals surface area (Å²) in [5.74, 6) is -0.370. The number of para-hydroxylation sites is 1. The topological polar surface area (TPSA) is 77.9 Å². The van der Waals surface area contributed by atoms with Crippen molar-refractivity contribution in [2.45, 2.75) is 13.0 Å². The molecule has 0 aliphatic carbocycles. The van der Waals surface area contributed by atoms with Crippen molar-refractivity contribution in [2.24, 2.45) is 0 Å². The fourth-order valence-corrected chi connectivity index (χ4v) is 4.59. The highest BCUT2D eigenvalue weighted by Gasteiger charge is 2.13. The molecule has 0 atom stereocenters. The Bertz CT molecular complexity index is 1420. The van der Waals surface area contributed by atoms with E-state index >= 15 is 0 Å². The Kier molecular flexibility index (Phi) is 7.86. The van der Waals surface area contributed by atoms with Gasteiger partial charge < -0.3 is 15.0 Å². The molecule has 0 unspecified atom stereocenters. The number of hydrogen-bond acceptors (Lipinski definition) is 3. The first kappa shape index (κ1) is 24.5.